The number of nitrogens with zero attached hydrogens (tertiary/aromatic N) is 3. The van der Waals surface area contributed by atoms with Crippen molar-refractivity contribution in [3.63, 3.8) is 0 Å². The third kappa shape index (κ3) is 5.38. The minimum Gasteiger partial charge on any atom is -0.454 e. The fourth-order valence-electron chi connectivity index (χ4n) is 5.27. The van der Waals surface area contributed by atoms with Gasteiger partial charge in [0, 0.05) is 61.9 Å². The Kier molecular flexibility index (Phi) is 7.13. The van der Waals surface area contributed by atoms with Crippen LogP contribution in [0.4, 0.5) is 21.9 Å². The highest BCUT2D eigenvalue weighted by Crippen LogP contribution is 2.33. The minimum atomic E-state index is -0.302. The highest BCUT2D eigenvalue weighted by Gasteiger charge is 2.28. The average molecular weight is 542 g/mol. The molecule has 4 amide bonds. The van der Waals surface area contributed by atoms with Gasteiger partial charge in [0.15, 0.2) is 11.5 Å². The molecule has 10 nitrogen and oxygen atoms in total. The summed E-state index contributed by atoms with van der Waals surface area (Å²) in [5.41, 5.74) is 3.08. The molecule has 6 rings (SSSR count). The summed E-state index contributed by atoms with van der Waals surface area (Å²) < 4.78 is 10.7. The van der Waals surface area contributed by atoms with Crippen molar-refractivity contribution >= 4 is 34.9 Å². The van der Waals surface area contributed by atoms with Gasteiger partial charge in [-0.15, -0.1) is 0 Å². The molecule has 0 aromatic heterocycles. The van der Waals surface area contributed by atoms with Crippen LogP contribution in [0.5, 0.6) is 11.5 Å². The lowest BCUT2D eigenvalue weighted by atomic mass is 10.1. The summed E-state index contributed by atoms with van der Waals surface area (Å²) in [6, 6.07) is 19.8. The molecule has 0 spiro atoms. The van der Waals surface area contributed by atoms with Gasteiger partial charge in [0.1, 0.15) is 0 Å². The van der Waals surface area contributed by atoms with E-state index in [2.05, 4.69) is 15.5 Å². The van der Waals surface area contributed by atoms with Crippen molar-refractivity contribution < 1.29 is 23.9 Å². The Bertz CT molecular complexity index is 1420. The Morgan fingerprint density at radius 3 is 2.20 bits per heavy atom. The number of piperazine rings is 1. The second-order valence-electron chi connectivity index (χ2n) is 10.0. The van der Waals surface area contributed by atoms with Gasteiger partial charge < -0.3 is 34.8 Å². The molecule has 0 aliphatic carbocycles. The van der Waals surface area contributed by atoms with Crippen LogP contribution in [0, 0.1) is 0 Å². The summed E-state index contributed by atoms with van der Waals surface area (Å²) in [6.07, 6.45) is 1.97. The lowest BCUT2D eigenvalue weighted by Gasteiger charge is -2.37. The SMILES string of the molecule is O=C(Nc1ccc(N2CCN(C(=O)Nc3ccccc3)CC2)c(C(=O)N2CCCC2)c1)c1ccc2c(c1)OCO2. The largest absolute Gasteiger partial charge is 0.454 e. The molecule has 3 aromatic rings. The third-order valence-electron chi connectivity index (χ3n) is 7.45. The molecule has 0 unspecified atom stereocenters. The molecule has 3 aliphatic rings. The van der Waals surface area contributed by atoms with Crippen LogP contribution in [0.1, 0.15) is 33.6 Å². The quantitative estimate of drug-likeness (QED) is 0.501. The van der Waals surface area contributed by atoms with Gasteiger partial charge in [0.05, 0.1) is 5.56 Å². The summed E-state index contributed by atoms with van der Waals surface area (Å²) >= 11 is 0. The van der Waals surface area contributed by atoms with E-state index in [1.165, 1.54) is 0 Å². The van der Waals surface area contributed by atoms with Gasteiger partial charge in [0.25, 0.3) is 11.8 Å². The second kappa shape index (κ2) is 11.2. The normalized spacial score (nSPS) is 16.1. The molecule has 2 fully saturated rings. The summed E-state index contributed by atoms with van der Waals surface area (Å²) in [7, 11) is 0. The number of ether oxygens (including phenoxy) is 2. The van der Waals surface area contributed by atoms with Crippen molar-refractivity contribution in [2.45, 2.75) is 12.8 Å². The van der Waals surface area contributed by atoms with E-state index in [0.29, 0.717) is 54.5 Å². The molecular formula is C30H31N5O5. The molecule has 0 radical (unpaired) electrons. The van der Waals surface area contributed by atoms with Gasteiger partial charge in [-0.25, -0.2) is 4.79 Å². The van der Waals surface area contributed by atoms with E-state index >= 15 is 0 Å². The first-order chi connectivity index (χ1) is 19.5. The zero-order valence-corrected chi connectivity index (χ0v) is 22.1. The number of anilines is 3. The van der Waals surface area contributed by atoms with Gasteiger partial charge in [-0.3, -0.25) is 9.59 Å². The fourth-order valence-corrected chi connectivity index (χ4v) is 5.27. The van der Waals surface area contributed by atoms with Crippen molar-refractivity contribution in [1.29, 1.82) is 0 Å². The summed E-state index contributed by atoms with van der Waals surface area (Å²) in [5, 5.41) is 5.86. The minimum absolute atomic E-state index is 0.0454. The van der Waals surface area contributed by atoms with Gasteiger partial charge in [0.2, 0.25) is 6.79 Å². The molecule has 2 N–H and O–H groups in total. The van der Waals surface area contributed by atoms with Crippen molar-refractivity contribution in [3.8, 4) is 11.5 Å². The third-order valence-corrected chi connectivity index (χ3v) is 7.45. The van der Waals surface area contributed by atoms with Gasteiger partial charge in [-0.2, -0.15) is 0 Å². The van der Waals surface area contributed by atoms with Crippen LogP contribution in [-0.4, -0.2) is 73.7 Å². The number of para-hydroxylation sites is 1. The Balaban J connectivity index is 1.18. The number of rotatable bonds is 5. The highest BCUT2D eigenvalue weighted by molar-refractivity contribution is 6.06. The molecule has 3 aliphatic heterocycles. The Labute approximate surface area is 232 Å². The molecule has 0 atom stereocenters. The molecule has 0 saturated carbocycles. The second-order valence-corrected chi connectivity index (χ2v) is 10.0. The van der Waals surface area contributed by atoms with E-state index in [0.717, 1.165) is 37.3 Å². The van der Waals surface area contributed by atoms with E-state index in [4.69, 9.17) is 9.47 Å². The lowest BCUT2D eigenvalue weighted by molar-refractivity contribution is 0.0792. The number of urea groups is 1. The average Bonchev–Trinajstić information content (AvgIpc) is 3.70. The topological polar surface area (TPSA) is 103 Å². The zero-order chi connectivity index (χ0) is 27.5. The van der Waals surface area contributed by atoms with Gasteiger partial charge >= 0.3 is 6.03 Å². The molecule has 3 aromatic carbocycles. The molecule has 0 bridgehead atoms. The number of carbonyl (C=O) groups is 3. The van der Waals surface area contributed by atoms with Crippen LogP contribution < -0.4 is 25.0 Å². The molecular weight excluding hydrogens is 510 g/mol. The first-order valence-electron chi connectivity index (χ1n) is 13.6. The van der Waals surface area contributed by atoms with Crippen molar-refractivity contribution in [1.82, 2.24) is 9.80 Å². The first kappa shape index (κ1) is 25.5. The van der Waals surface area contributed by atoms with Crippen molar-refractivity contribution in [3.05, 3.63) is 77.9 Å². The number of nitrogens with one attached hydrogen (secondary N) is 2. The van der Waals surface area contributed by atoms with Gasteiger partial charge in [-0.1, -0.05) is 18.2 Å². The van der Waals surface area contributed by atoms with E-state index in [1.54, 1.807) is 29.2 Å². The van der Waals surface area contributed by atoms with Crippen LogP contribution in [0.3, 0.4) is 0 Å². The summed E-state index contributed by atoms with van der Waals surface area (Å²) in [4.78, 5) is 45.2. The monoisotopic (exact) mass is 541 g/mol. The number of likely N-dealkylation sites (tertiary alicyclic amines) is 1. The van der Waals surface area contributed by atoms with Crippen molar-refractivity contribution in [2.24, 2.45) is 0 Å². The van der Waals surface area contributed by atoms with Crippen LogP contribution >= 0.6 is 0 Å². The highest BCUT2D eigenvalue weighted by atomic mass is 16.7. The Hall–Kier alpha value is -4.73. The predicted octanol–water partition coefficient (Wildman–Crippen LogP) is 4.26. The number of benzene rings is 3. The van der Waals surface area contributed by atoms with Crippen LogP contribution in [0.25, 0.3) is 0 Å². The van der Waals surface area contributed by atoms with Gasteiger partial charge in [-0.05, 0) is 61.4 Å². The molecule has 3 heterocycles. The zero-order valence-electron chi connectivity index (χ0n) is 22.1. The van der Waals surface area contributed by atoms with Crippen molar-refractivity contribution in [2.75, 3.05) is 61.6 Å². The van der Waals surface area contributed by atoms with Crippen LogP contribution in [0.2, 0.25) is 0 Å². The number of amides is 4. The van der Waals surface area contributed by atoms with E-state index in [1.807, 2.05) is 47.4 Å². The van der Waals surface area contributed by atoms with E-state index in [9.17, 15) is 14.4 Å². The fraction of sp³-hybridized carbons (Fsp3) is 0.300. The maximum atomic E-state index is 13.6. The number of fused-ring (bicyclic) bond motifs is 1. The smallest absolute Gasteiger partial charge is 0.321 e. The maximum absolute atomic E-state index is 13.6. The molecule has 10 heteroatoms. The lowest BCUT2D eigenvalue weighted by Crippen LogP contribution is -2.50. The summed E-state index contributed by atoms with van der Waals surface area (Å²) in [5.74, 6) is 0.793. The van der Waals surface area contributed by atoms with Crippen LogP contribution in [-0.2, 0) is 0 Å². The van der Waals surface area contributed by atoms with E-state index < -0.39 is 0 Å². The maximum Gasteiger partial charge on any atom is 0.321 e. The predicted molar refractivity (Wildman–Crippen MR) is 151 cm³/mol. The molecule has 2 saturated heterocycles. The van der Waals surface area contributed by atoms with Crippen LogP contribution in [0.15, 0.2) is 66.7 Å². The van der Waals surface area contributed by atoms with E-state index in [-0.39, 0.29) is 24.6 Å². The Morgan fingerprint density at radius 1 is 0.675 bits per heavy atom. The molecule has 206 valence electrons. The number of hydrogen-bond acceptors (Lipinski definition) is 6. The standard InChI is InChI=1S/C30H31N5O5/c36-28(21-8-11-26-27(18-21)40-20-39-26)31-23-9-10-25(24(19-23)29(37)34-12-4-5-13-34)33-14-16-35(17-15-33)30(38)32-22-6-2-1-3-7-22/h1-3,6-11,18-19H,4-5,12-17,20H2,(H,31,36)(H,32,38). The summed E-state index contributed by atoms with van der Waals surface area (Å²) in [6.45, 7) is 3.81. The first-order valence-corrected chi connectivity index (χ1v) is 13.6. The molecule has 40 heavy (non-hydrogen) atoms. The Morgan fingerprint density at radius 2 is 1.43 bits per heavy atom. The number of carbonyl (C=O) groups excluding carboxylic acids is 3. The number of hydrogen-bond donors (Lipinski definition) is 2.